The molecule has 3 fully saturated rings. The molecule has 1 aliphatic carbocycles. The third kappa shape index (κ3) is 3.78. The quantitative estimate of drug-likeness (QED) is 0.767. The Hall–Kier alpha value is -2.61. The number of aromatic nitrogens is 3. The first kappa shape index (κ1) is 20.3. The highest BCUT2D eigenvalue weighted by molar-refractivity contribution is 5.68. The summed E-state index contributed by atoms with van der Waals surface area (Å²) < 4.78 is 7.62. The molecular formula is C23H32N6O2. The Labute approximate surface area is 183 Å². The summed E-state index contributed by atoms with van der Waals surface area (Å²) in [7, 11) is 0. The highest BCUT2D eigenvalue weighted by Crippen LogP contribution is 2.39. The van der Waals surface area contributed by atoms with Crippen LogP contribution in [-0.2, 0) is 4.74 Å². The monoisotopic (exact) mass is 424 g/mol. The second-order valence-electron chi connectivity index (χ2n) is 9.43. The zero-order valence-electron chi connectivity index (χ0n) is 18.4. The molecule has 3 atom stereocenters. The van der Waals surface area contributed by atoms with Gasteiger partial charge in [0.1, 0.15) is 11.9 Å². The summed E-state index contributed by atoms with van der Waals surface area (Å²) in [4.78, 5) is 19.3. The summed E-state index contributed by atoms with van der Waals surface area (Å²) in [5.41, 5.74) is 2.86. The predicted octanol–water partition coefficient (Wildman–Crippen LogP) is 3.12. The molecule has 4 heterocycles. The molecule has 3 aliphatic rings. The number of nitrogens with zero attached hydrogens (tertiary/aromatic N) is 4. The van der Waals surface area contributed by atoms with Crippen molar-refractivity contribution in [1.82, 2.24) is 24.8 Å². The van der Waals surface area contributed by atoms with Crippen LogP contribution in [0.5, 0.6) is 0 Å². The number of anilines is 1. The summed E-state index contributed by atoms with van der Waals surface area (Å²) in [5.74, 6) is 2.10. The molecular weight excluding hydrogens is 392 g/mol. The molecule has 2 aromatic rings. The molecule has 2 bridgehead atoms. The molecule has 0 aromatic carbocycles. The molecule has 2 saturated heterocycles. The summed E-state index contributed by atoms with van der Waals surface area (Å²) in [5, 5.41) is 11.6. The molecule has 8 heteroatoms. The van der Waals surface area contributed by atoms with Gasteiger partial charge >= 0.3 is 6.09 Å². The van der Waals surface area contributed by atoms with Crippen molar-refractivity contribution in [2.45, 2.75) is 51.2 Å². The highest BCUT2D eigenvalue weighted by Gasteiger charge is 2.44. The molecule has 2 aromatic heterocycles. The second-order valence-corrected chi connectivity index (χ2v) is 9.43. The smallest absolute Gasteiger partial charge is 0.410 e. The number of carbonyl (C=O) groups excluding carboxylic acids is 1. The fraction of sp³-hybridized carbons (Fsp3) is 0.609. The number of nitrogens with one attached hydrogen (secondary N) is 2. The van der Waals surface area contributed by atoms with Crippen molar-refractivity contribution in [3.05, 3.63) is 30.1 Å². The van der Waals surface area contributed by atoms with Crippen LogP contribution < -0.4 is 10.6 Å². The molecule has 0 spiro atoms. The van der Waals surface area contributed by atoms with Crippen molar-refractivity contribution in [1.29, 1.82) is 0 Å². The Bertz CT molecular complexity index is 966. The average Bonchev–Trinajstić information content (AvgIpc) is 3.46. The molecule has 8 nitrogen and oxygen atoms in total. The maximum atomic E-state index is 12.7. The van der Waals surface area contributed by atoms with Gasteiger partial charge in [0.15, 0.2) is 5.65 Å². The van der Waals surface area contributed by atoms with Gasteiger partial charge < -0.3 is 20.3 Å². The number of carbonyl (C=O) groups is 1. The van der Waals surface area contributed by atoms with Crippen molar-refractivity contribution in [3.8, 4) is 0 Å². The van der Waals surface area contributed by atoms with E-state index >= 15 is 0 Å². The second kappa shape index (κ2) is 8.15. The Kier molecular flexibility index (Phi) is 5.33. The molecule has 2 aliphatic heterocycles. The zero-order valence-corrected chi connectivity index (χ0v) is 18.4. The van der Waals surface area contributed by atoms with Gasteiger partial charge in [-0.15, -0.1) is 0 Å². The van der Waals surface area contributed by atoms with Gasteiger partial charge in [0.05, 0.1) is 11.9 Å². The van der Waals surface area contributed by atoms with Crippen LogP contribution in [0.4, 0.5) is 10.6 Å². The minimum Gasteiger partial charge on any atom is -0.445 e. The summed E-state index contributed by atoms with van der Waals surface area (Å²) in [6, 6.07) is 2.33. The van der Waals surface area contributed by atoms with Gasteiger partial charge in [-0.1, -0.05) is 20.4 Å². The molecule has 1 amide bonds. The lowest BCUT2D eigenvalue weighted by Gasteiger charge is -2.38. The van der Waals surface area contributed by atoms with E-state index in [0.29, 0.717) is 23.8 Å². The van der Waals surface area contributed by atoms with Crippen molar-refractivity contribution in [2.75, 3.05) is 31.5 Å². The normalized spacial score (nSPS) is 27.8. The molecule has 31 heavy (non-hydrogen) atoms. The van der Waals surface area contributed by atoms with Gasteiger partial charge in [-0.2, -0.15) is 9.61 Å². The van der Waals surface area contributed by atoms with Gasteiger partial charge in [0.25, 0.3) is 0 Å². The summed E-state index contributed by atoms with van der Waals surface area (Å²) >= 11 is 0. The fourth-order valence-electron chi connectivity index (χ4n) is 5.34. The van der Waals surface area contributed by atoms with E-state index in [4.69, 9.17) is 9.72 Å². The maximum Gasteiger partial charge on any atom is 0.410 e. The molecule has 5 rings (SSSR count). The van der Waals surface area contributed by atoms with E-state index in [2.05, 4.69) is 36.2 Å². The Morgan fingerprint density at radius 2 is 2.10 bits per heavy atom. The largest absolute Gasteiger partial charge is 0.445 e. The third-order valence-corrected chi connectivity index (χ3v) is 7.04. The first-order chi connectivity index (χ1) is 15.0. The number of hydrogen-bond donors (Lipinski definition) is 2. The zero-order chi connectivity index (χ0) is 21.5. The molecule has 1 saturated carbocycles. The number of fused-ring (bicyclic) bond motifs is 3. The molecule has 0 radical (unpaired) electrons. The molecule has 2 N–H and O–H groups in total. The van der Waals surface area contributed by atoms with Crippen LogP contribution in [0.15, 0.2) is 18.8 Å². The number of hydrogen-bond acceptors (Lipinski definition) is 6. The van der Waals surface area contributed by atoms with Gasteiger partial charge in [0, 0.05) is 37.3 Å². The third-order valence-electron chi connectivity index (χ3n) is 7.04. The van der Waals surface area contributed by atoms with Crippen molar-refractivity contribution >= 4 is 23.6 Å². The van der Waals surface area contributed by atoms with Gasteiger partial charge in [0.2, 0.25) is 0 Å². The van der Waals surface area contributed by atoms with E-state index in [-0.39, 0.29) is 12.2 Å². The topological polar surface area (TPSA) is 83.8 Å². The lowest BCUT2D eigenvalue weighted by molar-refractivity contribution is 0.0531. The number of rotatable bonds is 5. The number of ether oxygens (including phenoxy) is 1. The molecule has 3 unspecified atom stereocenters. The number of amides is 1. The lowest BCUT2D eigenvalue weighted by atomic mass is 9.92. The highest BCUT2D eigenvalue weighted by atomic mass is 16.6. The van der Waals surface area contributed by atoms with E-state index < -0.39 is 0 Å². The van der Waals surface area contributed by atoms with E-state index in [0.717, 1.165) is 68.2 Å². The first-order valence-corrected chi connectivity index (χ1v) is 11.5. The van der Waals surface area contributed by atoms with E-state index in [1.165, 1.54) is 0 Å². The van der Waals surface area contributed by atoms with Crippen LogP contribution in [0, 0.1) is 11.8 Å². The van der Waals surface area contributed by atoms with Crippen LogP contribution in [-0.4, -0.2) is 63.9 Å². The van der Waals surface area contributed by atoms with Gasteiger partial charge in [-0.3, -0.25) is 0 Å². The average molecular weight is 425 g/mol. The van der Waals surface area contributed by atoms with E-state index in [9.17, 15) is 4.79 Å². The lowest BCUT2D eigenvalue weighted by Crippen LogP contribution is -2.51. The first-order valence-electron chi connectivity index (χ1n) is 11.5. The van der Waals surface area contributed by atoms with E-state index in [1.54, 1.807) is 6.08 Å². The Morgan fingerprint density at radius 1 is 1.32 bits per heavy atom. The predicted molar refractivity (Wildman–Crippen MR) is 120 cm³/mol. The minimum atomic E-state index is -0.155. The van der Waals surface area contributed by atoms with Gasteiger partial charge in [-0.05, 0) is 49.6 Å². The van der Waals surface area contributed by atoms with Crippen LogP contribution in [0.25, 0.3) is 11.7 Å². The van der Waals surface area contributed by atoms with Crippen LogP contribution in [0.1, 0.15) is 50.3 Å². The molecule has 166 valence electrons. The fourth-order valence-corrected chi connectivity index (χ4v) is 5.34. The maximum absolute atomic E-state index is 12.7. The minimum absolute atomic E-state index is 0.0124. The van der Waals surface area contributed by atoms with Crippen LogP contribution in [0.2, 0.25) is 0 Å². The summed E-state index contributed by atoms with van der Waals surface area (Å²) in [6.07, 6.45) is 6.70. The number of likely N-dealkylation sites (tertiary alicyclic amines) is 1. The number of piperidine rings is 1. The van der Waals surface area contributed by atoms with Crippen molar-refractivity contribution in [3.63, 3.8) is 0 Å². The van der Waals surface area contributed by atoms with Crippen molar-refractivity contribution in [2.24, 2.45) is 11.8 Å². The van der Waals surface area contributed by atoms with E-state index in [1.807, 2.05) is 21.7 Å². The Balaban J connectivity index is 1.34. The summed E-state index contributed by atoms with van der Waals surface area (Å²) in [6.45, 7) is 11.4. The Morgan fingerprint density at radius 3 is 2.74 bits per heavy atom. The van der Waals surface area contributed by atoms with Crippen LogP contribution >= 0.6 is 0 Å². The standard InChI is InChI=1S/C23H32N6O2/c1-4-17-9-20(29-22(26-17)19(11-25-29)14(2)3)27-21-15-5-6-16(21)13-28(12-15)23(30)31-18-7-8-24-10-18/h4,9,11,14-16,18,21,24,27H,1,5-8,10,12-13H2,2-3H3. The van der Waals surface area contributed by atoms with Crippen LogP contribution in [0.3, 0.4) is 0 Å². The SMILES string of the molecule is C=Cc1cc(NC2C3CCC2CN(C(=O)OC2CCNC2)C3)n2ncc(C(C)C)c2n1. The van der Waals surface area contributed by atoms with Gasteiger partial charge in [-0.25, -0.2) is 9.78 Å². The van der Waals surface area contributed by atoms with Crippen molar-refractivity contribution < 1.29 is 9.53 Å².